The number of halogens is 5. The van der Waals surface area contributed by atoms with E-state index in [1.165, 1.54) is 81.0 Å². The fourth-order valence-corrected chi connectivity index (χ4v) is 7.39. The van der Waals surface area contributed by atoms with Crippen molar-refractivity contribution < 1.29 is 51.0 Å². The summed E-state index contributed by atoms with van der Waals surface area (Å²) < 4.78 is 59.8. The summed E-state index contributed by atoms with van der Waals surface area (Å²) in [5.41, 5.74) is 3.13. The molecule has 7 rings (SSSR count). The summed E-state index contributed by atoms with van der Waals surface area (Å²) in [5.74, 6) is -4.13. The normalized spacial score (nSPS) is 22.7. The molecule has 4 heterocycles. The SMILES string of the molecule is O=C(CCCCC[N+]12CCN(CC1)CC2)NCc1ccc(C2C(CCC(O)c3ccc(F)cc3)C(=O)N2c2ccc(F)cc2)cc1.O=C([O-])C(F)(F)F. The van der Waals surface area contributed by atoms with Gasteiger partial charge in [0, 0.05) is 38.3 Å². The number of carbonyl (C=O) groups excluding carboxylic acids is 3. The van der Waals surface area contributed by atoms with E-state index in [4.69, 9.17) is 9.90 Å². The number of aliphatic hydroxyl groups excluding tert-OH is 1. The summed E-state index contributed by atoms with van der Waals surface area (Å²) >= 11 is 0. The molecule has 3 atom stereocenters. The first-order chi connectivity index (χ1) is 25.2. The molecule has 0 saturated carbocycles. The molecule has 0 radical (unpaired) electrons. The molecule has 0 spiro atoms. The highest BCUT2D eigenvalue weighted by Gasteiger charge is 2.48. The lowest BCUT2D eigenvalue weighted by atomic mass is 9.78. The first-order valence-electron chi connectivity index (χ1n) is 18.0. The Morgan fingerprint density at radius 3 is 2.00 bits per heavy atom. The largest absolute Gasteiger partial charge is 0.542 e. The van der Waals surface area contributed by atoms with Gasteiger partial charge in [-0.05, 0) is 85.2 Å². The minimum Gasteiger partial charge on any atom is -0.542 e. The zero-order valence-corrected chi connectivity index (χ0v) is 29.4. The van der Waals surface area contributed by atoms with Crippen LogP contribution in [0.1, 0.15) is 67.4 Å². The predicted octanol–water partition coefficient (Wildman–Crippen LogP) is 4.80. The van der Waals surface area contributed by atoms with Gasteiger partial charge in [0.1, 0.15) is 17.6 Å². The fourth-order valence-electron chi connectivity index (χ4n) is 7.39. The number of carboxylic acid groups (broad SMARTS) is 1. The fraction of sp³-hybridized carbons (Fsp3) is 0.462. The van der Waals surface area contributed by atoms with Gasteiger partial charge in [-0.1, -0.05) is 36.4 Å². The van der Waals surface area contributed by atoms with Crippen LogP contribution >= 0.6 is 0 Å². The highest BCUT2D eigenvalue weighted by Crippen LogP contribution is 2.46. The number of aliphatic carboxylic acids is 1. The van der Waals surface area contributed by atoms with Crippen molar-refractivity contribution in [1.29, 1.82) is 0 Å². The first kappa shape index (κ1) is 39.8. The van der Waals surface area contributed by atoms with Crippen LogP contribution in [0.3, 0.4) is 0 Å². The van der Waals surface area contributed by atoms with E-state index in [0.717, 1.165) is 24.0 Å². The number of rotatable bonds is 14. The number of amides is 2. The predicted molar refractivity (Wildman–Crippen MR) is 185 cm³/mol. The summed E-state index contributed by atoms with van der Waals surface area (Å²) in [4.78, 5) is 38.9. The van der Waals surface area contributed by atoms with Crippen LogP contribution in [0, 0.1) is 17.6 Å². The molecular weight excluding hydrogens is 699 g/mol. The number of carboxylic acids is 1. The average Bonchev–Trinajstić information content (AvgIpc) is 3.14. The van der Waals surface area contributed by atoms with Crippen molar-refractivity contribution in [3.05, 3.63) is 101 Å². The maximum Gasteiger partial charge on any atom is 0.430 e. The van der Waals surface area contributed by atoms with Crippen LogP contribution in [-0.4, -0.2) is 84.3 Å². The standard InChI is InChI=1S/C37H44F2N4O3.C2HF3O2/c38-30-11-9-28(10-12-30)34(44)18-17-33-36(42(37(33)46)32-15-13-31(39)14-16-32)29-7-5-27(6-8-29)26-40-35(45)4-2-1-3-22-43-23-19-41(20-24-43)21-25-43;3-2(4,5)1(6)7/h5-16,33-34,36,44H,1-4,17-26H2;(H,6,7). The van der Waals surface area contributed by atoms with Gasteiger partial charge < -0.3 is 29.7 Å². The lowest BCUT2D eigenvalue weighted by Crippen LogP contribution is -2.67. The molecule has 9 nitrogen and oxygen atoms in total. The number of piperazine rings is 3. The van der Waals surface area contributed by atoms with Crippen molar-refractivity contribution in [3.8, 4) is 0 Å². The smallest absolute Gasteiger partial charge is 0.430 e. The molecule has 0 aromatic heterocycles. The van der Waals surface area contributed by atoms with Crippen LogP contribution in [0.4, 0.5) is 27.6 Å². The van der Waals surface area contributed by atoms with Crippen molar-refractivity contribution in [2.24, 2.45) is 5.92 Å². The van der Waals surface area contributed by atoms with Crippen molar-refractivity contribution >= 4 is 23.5 Å². The maximum absolute atomic E-state index is 13.7. The summed E-state index contributed by atoms with van der Waals surface area (Å²) in [6.07, 6.45) is -1.52. The van der Waals surface area contributed by atoms with Crippen LogP contribution < -0.4 is 15.3 Å². The Bertz CT molecular complexity index is 1670. The third-order valence-electron chi connectivity index (χ3n) is 10.6. The van der Waals surface area contributed by atoms with Gasteiger partial charge in [-0.15, -0.1) is 0 Å². The molecule has 3 unspecified atom stereocenters. The number of alkyl halides is 3. The second-order valence-corrected chi connectivity index (χ2v) is 14.1. The van der Waals surface area contributed by atoms with Gasteiger partial charge >= 0.3 is 6.18 Å². The number of unbranched alkanes of at least 4 members (excludes halogenated alkanes) is 2. The first-order valence-corrected chi connectivity index (χ1v) is 18.0. The number of aliphatic hydroxyl groups is 1. The third-order valence-corrected chi connectivity index (χ3v) is 10.6. The van der Waals surface area contributed by atoms with Crippen LogP contribution in [0.5, 0.6) is 0 Å². The number of nitrogens with zero attached hydrogens (tertiary/aromatic N) is 3. The van der Waals surface area contributed by atoms with Gasteiger partial charge in [-0.2, -0.15) is 13.2 Å². The number of quaternary nitrogens is 1. The van der Waals surface area contributed by atoms with Crippen molar-refractivity contribution in [3.63, 3.8) is 0 Å². The molecule has 0 aliphatic carbocycles. The number of benzene rings is 3. The van der Waals surface area contributed by atoms with Crippen LogP contribution in [0.25, 0.3) is 0 Å². The van der Waals surface area contributed by atoms with E-state index in [1.807, 2.05) is 24.3 Å². The second-order valence-electron chi connectivity index (χ2n) is 14.1. The van der Waals surface area contributed by atoms with E-state index in [-0.39, 0.29) is 35.4 Å². The molecule has 4 aliphatic rings. The number of anilines is 1. The zero-order chi connectivity index (χ0) is 38.2. The number of hydrogen-bond donors (Lipinski definition) is 2. The number of hydrogen-bond acceptors (Lipinski definition) is 6. The number of β-lactam (4-membered cyclic amide) rings is 1. The van der Waals surface area contributed by atoms with Gasteiger partial charge in [0.15, 0.2) is 0 Å². The number of fused-ring (bicyclic) bond motifs is 3. The Morgan fingerprint density at radius 1 is 0.868 bits per heavy atom. The van der Waals surface area contributed by atoms with E-state index < -0.39 is 18.2 Å². The minimum atomic E-state index is -5.19. The molecule has 53 heavy (non-hydrogen) atoms. The molecule has 286 valence electrons. The van der Waals surface area contributed by atoms with Gasteiger partial charge in [0.25, 0.3) is 0 Å². The molecule has 3 aromatic rings. The molecule has 4 fully saturated rings. The summed E-state index contributed by atoms with van der Waals surface area (Å²) in [6, 6.07) is 19.3. The second kappa shape index (κ2) is 17.6. The quantitative estimate of drug-likeness (QED) is 0.106. The Morgan fingerprint density at radius 2 is 1.43 bits per heavy atom. The monoisotopic (exact) mass is 744 g/mol. The van der Waals surface area contributed by atoms with Gasteiger partial charge in [-0.3, -0.25) is 14.5 Å². The molecule has 2 N–H and O–H groups in total. The molecule has 4 saturated heterocycles. The molecule has 3 aromatic carbocycles. The van der Waals surface area contributed by atoms with Gasteiger partial charge in [0.2, 0.25) is 11.8 Å². The molecule has 14 heteroatoms. The number of carbonyl (C=O) groups is 3. The van der Waals surface area contributed by atoms with E-state index in [0.29, 0.717) is 37.1 Å². The maximum atomic E-state index is 13.7. The highest BCUT2D eigenvalue weighted by molar-refractivity contribution is 6.03. The Balaban J connectivity index is 0.000000705. The zero-order valence-electron chi connectivity index (χ0n) is 29.4. The lowest BCUT2D eigenvalue weighted by Gasteiger charge is -2.50. The topological polar surface area (TPSA) is 113 Å². The Kier molecular flexibility index (Phi) is 13.2. The van der Waals surface area contributed by atoms with Crippen LogP contribution in [-0.2, 0) is 20.9 Å². The summed E-state index contributed by atoms with van der Waals surface area (Å²) in [5, 5.41) is 22.5. The average molecular weight is 745 g/mol. The number of nitrogens with one attached hydrogen (secondary N) is 1. The van der Waals surface area contributed by atoms with Crippen molar-refractivity contribution in [1.82, 2.24) is 10.2 Å². The van der Waals surface area contributed by atoms with Crippen molar-refractivity contribution in [2.45, 2.75) is 63.4 Å². The Labute approximate surface area is 305 Å². The lowest BCUT2D eigenvalue weighted by molar-refractivity contribution is -0.941. The van der Waals surface area contributed by atoms with Crippen molar-refractivity contribution in [2.75, 3.05) is 50.7 Å². The van der Waals surface area contributed by atoms with Crippen LogP contribution in [0.15, 0.2) is 72.8 Å². The molecule has 4 aliphatic heterocycles. The summed E-state index contributed by atoms with van der Waals surface area (Å²) in [7, 11) is 0. The third kappa shape index (κ3) is 10.6. The minimum absolute atomic E-state index is 0.0644. The van der Waals surface area contributed by atoms with E-state index in [1.54, 1.807) is 29.2 Å². The van der Waals surface area contributed by atoms with Gasteiger partial charge in [0.05, 0.1) is 44.2 Å². The molecule has 2 amide bonds. The van der Waals surface area contributed by atoms with Crippen LogP contribution in [0.2, 0.25) is 0 Å². The molecular formula is C39H45F5N4O5. The van der Waals surface area contributed by atoms with E-state index in [9.17, 15) is 36.6 Å². The molecule has 2 bridgehead atoms. The Hall–Kier alpha value is -4.40. The summed E-state index contributed by atoms with van der Waals surface area (Å²) in [6.45, 7) is 9.22. The van der Waals surface area contributed by atoms with Gasteiger partial charge in [-0.25, -0.2) is 8.78 Å². The highest BCUT2D eigenvalue weighted by atomic mass is 19.4. The van der Waals surface area contributed by atoms with E-state index in [2.05, 4.69) is 10.2 Å². The van der Waals surface area contributed by atoms with E-state index >= 15 is 0 Å².